The molecule has 0 aromatic heterocycles. The molecule has 0 fully saturated rings. The normalized spacial score (nSPS) is 3.71. The summed E-state index contributed by atoms with van der Waals surface area (Å²) >= 11 is 2.06. The summed E-state index contributed by atoms with van der Waals surface area (Å²) in [7, 11) is 0. The van der Waals surface area contributed by atoms with Crippen molar-refractivity contribution in [2.24, 2.45) is 0 Å². The molecular weight excluding hydrogens is 324 g/mol. The fraction of sp³-hybridized carbons (Fsp3) is 0.333. The Morgan fingerprint density at radius 1 is 1.29 bits per heavy atom. The average Bonchev–Trinajstić information content (AvgIpc) is 1.37. The van der Waals surface area contributed by atoms with E-state index in [9.17, 15) is 0 Å². The maximum absolute atomic E-state index is 3.48. The van der Waals surface area contributed by atoms with Gasteiger partial charge in [-0.3, -0.25) is 0 Å². The largest absolute Gasteiger partial charge is 1.00 e. The Kier molecular flexibility index (Phi) is 81.8. The van der Waals surface area contributed by atoms with Gasteiger partial charge in [-0.2, -0.15) is 0 Å². The van der Waals surface area contributed by atoms with Crippen molar-refractivity contribution in [3.8, 4) is 0 Å². The van der Waals surface area contributed by atoms with Crippen LogP contribution in [0.3, 0.4) is 0 Å². The van der Waals surface area contributed by atoms with Crippen molar-refractivity contribution >= 4 is 0 Å². The summed E-state index contributed by atoms with van der Waals surface area (Å²) in [4.78, 5) is 0. The van der Waals surface area contributed by atoms with Crippen LogP contribution in [0.2, 0.25) is 4.73 Å². The van der Waals surface area contributed by atoms with E-state index in [0.29, 0.717) is 0 Å². The molecule has 0 nitrogen and oxygen atoms in total. The van der Waals surface area contributed by atoms with Crippen LogP contribution >= 0.6 is 0 Å². The molecule has 0 aliphatic heterocycles. The Hall–Kier alpha value is 1.89. The van der Waals surface area contributed by atoms with Crippen LogP contribution in [0.25, 0.3) is 0 Å². The number of halogens is 3. The van der Waals surface area contributed by atoms with Crippen molar-refractivity contribution in [2.45, 2.75) is 4.73 Å². The fourth-order valence-corrected chi connectivity index (χ4v) is 0. The van der Waals surface area contributed by atoms with Crippen molar-refractivity contribution < 1.29 is 71.4 Å². The van der Waals surface area contributed by atoms with Gasteiger partial charge >= 0.3 is 37.8 Å². The Morgan fingerprint density at radius 2 is 1.43 bits per heavy atom. The van der Waals surface area contributed by atoms with E-state index in [2.05, 4.69) is 27.0 Å². The molecule has 0 atom stereocenters. The molecule has 0 radical (unpaired) electrons. The minimum Gasteiger partial charge on any atom is -1.00 e. The smallest absolute Gasteiger partial charge is 1.00 e. The Balaban J connectivity index is -0.0000000150. The van der Waals surface area contributed by atoms with Crippen LogP contribution < -0.4 is 50.9 Å². The molecule has 0 aliphatic rings. The zero-order chi connectivity index (χ0) is 3.41. The number of hydrogen-bond acceptors (Lipinski definition) is 0. The minimum atomic E-state index is 0. The Bertz CT molecular complexity index is 24.1. The van der Waals surface area contributed by atoms with Crippen molar-refractivity contribution in [3.05, 3.63) is 12.7 Å². The summed E-state index contributed by atoms with van der Waals surface area (Å²) in [6.45, 7) is 3.48. The van der Waals surface area contributed by atoms with Crippen LogP contribution in [0, 0.1) is 0 Å². The standard InChI is InChI=1S/C3H5.3BrH.Ti/c1-3-2;;;;/h3H,1-2H2;3*1H;/q;;;;+3/p-3. The van der Waals surface area contributed by atoms with E-state index in [0.717, 1.165) is 4.73 Å². The molecule has 0 aromatic rings. The predicted octanol–water partition coefficient (Wildman–Crippen LogP) is -7.85. The van der Waals surface area contributed by atoms with Gasteiger partial charge in [-0.15, -0.1) is 0 Å². The second kappa shape index (κ2) is 24.7. The molecule has 0 unspecified atom stereocenters. The zero-order valence-electron chi connectivity index (χ0n) is 3.63. The third-order valence-corrected chi connectivity index (χ3v) is 0.595. The summed E-state index contributed by atoms with van der Waals surface area (Å²) in [5.74, 6) is 0. The minimum absolute atomic E-state index is 0. The van der Waals surface area contributed by atoms with Crippen molar-refractivity contribution in [2.75, 3.05) is 0 Å². The SMILES string of the molecule is C=C[CH2][Ti+3].[Br-].[Br-].[Br-]. The van der Waals surface area contributed by atoms with Crippen molar-refractivity contribution in [1.29, 1.82) is 0 Å². The molecule has 7 heavy (non-hydrogen) atoms. The van der Waals surface area contributed by atoms with Crippen LogP contribution in [0.5, 0.6) is 0 Å². The molecule has 0 aliphatic carbocycles. The Labute approximate surface area is 87.8 Å². The van der Waals surface area contributed by atoms with Crippen LogP contribution in [-0.2, 0) is 20.4 Å². The van der Waals surface area contributed by atoms with Gasteiger partial charge in [0.2, 0.25) is 0 Å². The molecule has 0 saturated carbocycles. The van der Waals surface area contributed by atoms with E-state index >= 15 is 0 Å². The summed E-state index contributed by atoms with van der Waals surface area (Å²) in [5, 5.41) is 0. The summed E-state index contributed by atoms with van der Waals surface area (Å²) in [5.41, 5.74) is 0. The second-order valence-electron chi connectivity index (χ2n) is 0.493. The molecule has 0 amide bonds. The van der Waals surface area contributed by atoms with Crippen LogP contribution in [0.4, 0.5) is 0 Å². The van der Waals surface area contributed by atoms with E-state index in [-0.39, 0.29) is 50.9 Å². The molecule has 0 saturated heterocycles. The molecule has 0 aromatic carbocycles. The molecule has 0 spiro atoms. The van der Waals surface area contributed by atoms with Gasteiger partial charge in [-0.25, -0.2) is 0 Å². The first kappa shape index (κ1) is 23.1. The van der Waals surface area contributed by atoms with Crippen LogP contribution in [0.1, 0.15) is 0 Å². The number of rotatable bonds is 1. The van der Waals surface area contributed by atoms with E-state index in [4.69, 9.17) is 0 Å². The van der Waals surface area contributed by atoms with E-state index in [1.807, 2.05) is 6.08 Å². The topological polar surface area (TPSA) is 0 Å². The van der Waals surface area contributed by atoms with Gasteiger partial charge in [0.25, 0.3) is 0 Å². The van der Waals surface area contributed by atoms with E-state index < -0.39 is 0 Å². The Morgan fingerprint density at radius 3 is 1.43 bits per heavy atom. The number of hydrogen-bond donors (Lipinski definition) is 0. The van der Waals surface area contributed by atoms with Gasteiger partial charge < -0.3 is 50.9 Å². The third kappa shape index (κ3) is 32.7. The third-order valence-electron chi connectivity index (χ3n) is 0.144. The van der Waals surface area contributed by atoms with Gasteiger partial charge in [0.05, 0.1) is 0 Å². The second-order valence-corrected chi connectivity index (χ2v) is 1.13. The maximum Gasteiger partial charge on any atom is -1.00 e. The first-order valence-electron chi connectivity index (χ1n) is 1.17. The predicted molar refractivity (Wildman–Crippen MR) is 15.0 cm³/mol. The van der Waals surface area contributed by atoms with Gasteiger partial charge in [0.1, 0.15) is 0 Å². The quantitative estimate of drug-likeness (QED) is 0.331. The van der Waals surface area contributed by atoms with Gasteiger partial charge in [-0.05, 0) is 0 Å². The van der Waals surface area contributed by atoms with Gasteiger partial charge in [0.15, 0.2) is 0 Å². The van der Waals surface area contributed by atoms with Crippen LogP contribution in [-0.4, -0.2) is 0 Å². The monoisotopic (exact) mass is 326 g/mol. The first-order valence-corrected chi connectivity index (χ1v) is 2.27. The molecule has 4 heteroatoms. The van der Waals surface area contributed by atoms with E-state index in [1.165, 1.54) is 0 Å². The first-order chi connectivity index (χ1) is 1.91. The molecule has 42 valence electrons. The van der Waals surface area contributed by atoms with Gasteiger partial charge in [-0.1, -0.05) is 0 Å². The average molecular weight is 329 g/mol. The zero-order valence-corrected chi connectivity index (χ0v) is 9.94. The van der Waals surface area contributed by atoms with E-state index in [1.54, 1.807) is 0 Å². The summed E-state index contributed by atoms with van der Waals surface area (Å²) < 4.78 is 1.08. The number of allylic oxidation sites excluding steroid dienone is 1. The van der Waals surface area contributed by atoms with Crippen molar-refractivity contribution in [1.82, 2.24) is 0 Å². The molecule has 0 N–H and O–H groups in total. The molecular formula is C3H5Br3Ti. The molecule has 0 rings (SSSR count). The maximum atomic E-state index is 3.48. The summed E-state index contributed by atoms with van der Waals surface area (Å²) in [6, 6.07) is 0. The molecule has 0 heterocycles. The summed E-state index contributed by atoms with van der Waals surface area (Å²) in [6.07, 6.45) is 1.88. The van der Waals surface area contributed by atoms with Gasteiger partial charge in [0, 0.05) is 0 Å². The fourth-order valence-electron chi connectivity index (χ4n) is 0. The molecule has 0 bridgehead atoms. The van der Waals surface area contributed by atoms with Crippen molar-refractivity contribution in [3.63, 3.8) is 0 Å². The van der Waals surface area contributed by atoms with Crippen LogP contribution in [0.15, 0.2) is 12.7 Å².